The van der Waals surface area contributed by atoms with Gasteiger partial charge in [0, 0.05) is 17.0 Å². The van der Waals surface area contributed by atoms with Crippen molar-refractivity contribution in [3.63, 3.8) is 0 Å². The third kappa shape index (κ3) is 3.12. The Balaban J connectivity index is 1.75. The Morgan fingerprint density at radius 3 is 2.48 bits per heavy atom. The Morgan fingerprint density at radius 1 is 0.960 bits per heavy atom. The highest BCUT2D eigenvalue weighted by atomic mass is 16.1. The highest BCUT2D eigenvalue weighted by Gasteiger charge is 2.20. The molecule has 25 heavy (non-hydrogen) atoms. The molecular weight excluding hydrogens is 312 g/mol. The lowest BCUT2D eigenvalue weighted by Crippen LogP contribution is -2.20. The van der Waals surface area contributed by atoms with Crippen LogP contribution in [0.25, 0.3) is 11.0 Å². The van der Waals surface area contributed by atoms with Gasteiger partial charge in [-0.05, 0) is 31.0 Å². The van der Waals surface area contributed by atoms with Gasteiger partial charge in [0.25, 0.3) is 5.56 Å². The molecule has 0 bridgehead atoms. The number of aromatic nitrogens is 2. The first kappa shape index (κ1) is 15.8. The van der Waals surface area contributed by atoms with Gasteiger partial charge in [-0.1, -0.05) is 49.6 Å². The molecule has 4 rings (SSSR count). The van der Waals surface area contributed by atoms with E-state index in [4.69, 9.17) is 0 Å². The molecular formula is C21H20N2O2. The van der Waals surface area contributed by atoms with Crippen molar-refractivity contribution < 1.29 is 4.79 Å². The van der Waals surface area contributed by atoms with Gasteiger partial charge in [0.15, 0.2) is 5.78 Å². The molecule has 4 heteroatoms. The molecule has 1 heterocycles. The van der Waals surface area contributed by atoms with Gasteiger partial charge < -0.3 is 4.98 Å². The van der Waals surface area contributed by atoms with E-state index in [1.165, 1.54) is 6.42 Å². The molecule has 2 aromatic carbocycles. The number of benzene rings is 2. The lowest BCUT2D eigenvalue weighted by molar-refractivity contribution is 0.103. The summed E-state index contributed by atoms with van der Waals surface area (Å²) >= 11 is 0. The molecule has 0 radical (unpaired) electrons. The molecule has 0 aliphatic heterocycles. The van der Waals surface area contributed by atoms with Gasteiger partial charge in [0.1, 0.15) is 5.69 Å². The summed E-state index contributed by atoms with van der Waals surface area (Å²) in [5, 5.41) is 0. The standard InChI is InChI=1S/C21H20N2O2/c24-20(15-9-5-2-6-10-15)16-11-12-17-18(13-16)22-19(21(25)23-17)14-7-3-1-4-8-14/h2,5-6,9-14H,1,3-4,7-8H2,(H,23,25). The van der Waals surface area contributed by atoms with Gasteiger partial charge in [-0.15, -0.1) is 0 Å². The first-order chi connectivity index (χ1) is 12.2. The van der Waals surface area contributed by atoms with Gasteiger partial charge in [-0.3, -0.25) is 9.59 Å². The summed E-state index contributed by atoms with van der Waals surface area (Å²) in [5.74, 6) is 0.199. The third-order valence-corrected chi connectivity index (χ3v) is 5.01. The Bertz CT molecular complexity index is 970. The number of H-pyrrole nitrogens is 1. The molecule has 1 fully saturated rings. The fraction of sp³-hybridized carbons (Fsp3) is 0.286. The molecule has 1 saturated carbocycles. The van der Waals surface area contributed by atoms with Crippen LogP contribution in [0.3, 0.4) is 0 Å². The van der Waals surface area contributed by atoms with Gasteiger partial charge in [-0.2, -0.15) is 0 Å². The number of nitrogens with one attached hydrogen (secondary N) is 1. The smallest absolute Gasteiger partial charge is 0.270 e. The van der Waals surface area contributed by atoms with Crippen molar-refractivity contribution in [2.75, 3.05) is 0 Å². The molecule has 1 aliphatic carbocycles. The van der Waals surface area contributed by atoms with Crippen LogP contribution in [-0.2, 0) is 0 Å². The average molecular weight is 332 g/mol. The lowest BCUT2D eigenvalue weighted by Gasteiger charge is -2.20. The zero-order valence-corrected chi connectivity index (χ0v) is 14.0. The molecule has 0 unspecified atom stereocenters. The number of ketones is 1. The molecule has 3 aromatic rings. The minimum Gasteiger partial charge on any atom is -0.319 e. The van der Waals surface area contributed by atoms with E-state index in [1.54, 1.807) is 30.3 Å². The van der Waals surface area contributed by atoms with Crippen LogP contribution in [0.2, 0.25) is 0 Å². The van der Waals surface area contributed by atoms with Crippen molar-refractivity contribution in [2.24, 2.45) is 0 Å². The molecule has 0 amide bonds. The molecule has 0 spiro atoms. The molecule has 0 atom stereocenters. The summed E-state index contributed by atoms with van der Waals surface area (Å²) < 4.78 is 0. The Hall–Kier alpha value is -2.75. The number of rotatable bonds is 3. The monoisotopic (exact) mass is 332 g/mol. The van der Waals surface area contributed by atoms with Gasteiger partial charge in [-0.25, -0.2) is 4.98 Å². The van der Waals surface area contributed by atoms with E-state index in [-0.39, 0.29) is 17.3 Å². The first-order valence-electron chi connectivity index (χ1n) is 8.86. The first-order valence-corrected chi connectivity index (χ1v) is 8.86. The predicted octanol–water partition coefficient (Wildman–Crippen LogP) is 4.20. The van der Waals surface area contributed by atoms with Gasteiger partial charge in [0.2, 0.25) is 0 Å². The van der Waals surface area contributed by atoms with Gasteiger partial charge >= 0.3 is 0 Å². The maximum Gasteiger partial charge on any atom is 0.270 e. The number of aromatic amines is 1. The number of hydrogen-bond acceptors (Lipinski definition) is 3. The highest BCUT2D eigenvalue weighted by molar-refractivity contribution is 6.10. The Kier molecular flexibility index (Phi) is 4.18. The van der Waals surface area contributed by atoms with Crippen LogP contribution in [-0.4, -0.2) is 15.8 Å². The van der Waals surface area contributed by atoms with Crippen LogP contribution >= 0.6 is 0 Å². The summed E-state index contributed by atoms with van der Waals surface area (Å²) in [6, 6.07) is 14.5. The number of hydrogen-bond donors (Lipinski definition) is 1. The fourth-order valence-electron chi connectivity index (χ4n) is 3.65. The van der Waals surface area contributed by atoms with Crippen molar-refractivity contribution in [1.82, 2.24) is 9.97 Å². The largest absolute Gasteiger partial charge is 0.319 e. The number of fused-ring (bicyclic) bond motifs is 1. The highest BCUT2D eigenvalue weighted by Crippen LogP contribution is 2.30. The minimum absolute atomic E-state index is 0.0327. The van der Waals surface area contributed by atoms with Gasteiger partial charge in [0.05, 0.1) is 11.0 Å². The summed E-state index contributed by atoms with van der Waals surface area (Å²) in [6.45, 7) is 0. The molecule has 4 nitrogen and oxygen atoms in total. The minimum atomic E-state index is -0.0958. The van der Waals surface area contributed by atoms with Crippen molar-refractivity contribution in [1.29, 1.82) is 0 Å². The van der Waals surface area contributed by atoms with Crippen LogP contribution in [0, 0.1) is 0 Å². The van der Waals surface area contributed by atoms with Crippen molar-refractivity contribution in [2.45, 2.75) is 38.0 Å². The predicted molar refractivity (Wildman–Crippen MR) is 98.1 cm³/mol. The fourth-order valence-corrected chi connectivity index (χ4v) is 3.65. The topological polar surface area (TPSA) is 62.8 Å². The molecule has 126 valence electrons. The molecule has 0 saturated heterocycles. The summed E-state index contributed by atoms with van der Waals surface area (Å²) in [6.07, 6.45) is 5.57. The van der Waals surface area contributed by atoms with E-state index < -0.39 is 0 Å². The van der Waals surface area contributed by atoms with Crippen LogP contribution in [0.4, 0.5) is 0 Å². The van der Waals surface area contributed by atoms with E-state index in [0.29, 0.717) is 27.9 Å². The maximum atomic E-state index is 12.6. The van der Waals surface area contributed by atoms with Crippen LogP contribution in [0.5, 0.6) is 0 Å². The van der Waals surface area contributed by atoms with Crippen molar-refractivity contribution >= 4 is 16.8 Å². The van der Waals surface area contributed by atoms with Crippen molar-refractivity contribution in [3.05, 3.63) is 75.7 Å². The third-order valence-electron chi connectivity index (χ3n) is 5.01. The zero-order valence-electron chi connectivity index (χ0n) is 14.0. The second-order valence-electron chi connectivity index (χ2n) is 6.71. The summed E-state index contributed by atoms with van der Waals surface area (Å²) in [7, 11) is 0. The normalized spacial score (nSPS) is 15.4. The number of nitrogens with zero attached hydrogens (tertiary/aromatic N) is 1. The summed E-state index contributed by atoms with van der Waals surface area (Å²) in [4.78, 5) is 32.6. The molecule has 1 N–H and O–H groups in total. The van der Waals surface area contributed by atoms with Crippen LogP contribution in [0.15, 0.2) is 53.3 Å². The van der Waals surface area contributed by atoms with E-state index >= 15 is 0 Å². The van der Waals surface area contributed by atoms with Crippen LogP contribution < -0.4 is 5.56 Å². The Morgan fingerprint density at radius 2 is 1.72 bits per heavy atom. The Labute approximate surface area is 145 Å². The van der Waals surface area contributed by atoms with E-state index in [9.17, 15) is 9.59 Å². The number of carbonyl (C=O) groups is 1. The summed E-state index contributed by atoms with van der Waals surface area (Å²) in [5.41, 5.74) is 3.13. The molecule has 1 aromatic heterocycles. The SMILES string of the molecule is O=C(c1ccccc1)c1ccc2[nH]c(=O)c(C3CCCCC3)nc2c1. The second kappa shape index (κ2) is 6.63. The van der Waals surface area contributed by atoms with E-state index in [2.05, 4.69) is 9.97 Å². The maximum absolute atomic E-state index is 12.6. The van der Waals surface area contributed by atoms with E-state index in [0.717, 1.165) is 25.7 Å². The second-order valence-corrected chi connectivity index (χ2v) is 6.71. The average Bonchev–Trinajstić information content (AvgIpc) is 2.68. The molecule has 1 aliphatic rings. The lowest BCUT2D eigenvalue weighted by atomic mass is 9.87. The van der Waals surface area contributed by atoms with Crippen LogP contribution in [0.1, 0.15) is 59.6 Å². The van der Waals surface area contributed by atoms with Crippen molar-refractivity contribution in [3.8, 4) is 0 Å². The zero-order chi connectivity index (χ0) is 17.2. The quantitative estimate of drug-likeness (QED) is 0.731. The number of carbonyl (C=O) groups excluding carboxylic acids is 1. The van der Waals surface area contributed by atoms with E-state index in [1.807, 2.05) is 18.2 Å².